The van der Waals surface area contributed by atoms with Crippen LogP contribution in [-0.2, 0) is 12.7 Å². The number of halogens is 3. The van der Waals surface area contributed by atoms with E-state index in [2.05, 4.69) is 34.8 Å². The zero-order valence-electron chi connectivity index (χ0n) is 25.3. The maximum atomic E-state index is 14.4. The number of rotatable bonds is 6. The highest BCUT2D eigenvalue weighted by Crippen LogP contribution is 2.36. The molecule has 1 aliphatic heterocycles. The molecule has 1 N–H and O–H groups in total. The number of amides is 1. The van der Waals surface area contributed by atoms with Crippen LogP contribution in [0.5, 0.6) is 11.6 Å². The summed E-state index contributed by atoms with van der Waals surface area (Å²) in [6, 6.07) is 12.1. The monoisotopic (exact) mass is 643 g/mol. The number of piperazine rings is 1. The molecule has 0 radical (unpaired) electrons. The molecule has 1 amide bonds. The number of alkyl halides is 3. The van der Waals surface area contributed by atoms with Crippen molar-refractivity contribution in [1.29, 1.82) is 0 Å². The Morgan fingerprint density at radius 1 is 0.979 bits per heavy atom. The van der Waals surface area contributed by atoms with Crippen LogP contribution in [0.3, 0.4) is 0 Å². The minimum Gasteiger partial charge on any atom is -0.497 e. The summed E-state index contributed by atoms with van der Waals surface area (Å²) in [5, 5.41) is 0.881. The molecule has 240 valence electrons. The summed E-state index contributed by atoms with van der Waals surface area (Å²) >= 11 is 0. The van der Waals surface area contributed by atoms with Gasteiger partial charge in [0, 0.05) is 56.2 Å². The van der Waals surface area contributed by atoms with Crippen LogP contribution >= 0.6 is 0 Å². The van der Waals surface area contributed by atoms with Gasteiger partial charge in [-0.25, -0.2) is 24.3 Å². The summed E-state index contributed by atoms with van der Waals surface area (Å²) in [6.07, 6.45) is 1.52. The Morgan fingerprint density at radius 3 is 2.60 bits per heavy atom. The summed E-state index contributed by atoms with van der Waals surface area (Å²) in [4.78, 5) is 42.6. The number of benzene rings is 2. The molecule has 0 aliphatic carbocycles. The predicted octanol–water partition coefficient (Wildman–Crippen LogP) is 5.33. The van der Waals surface area contributed by atoms with Crippen molar-refractivity contribution in [2.75, 3.05) is 33.9 Å². The molecule has 15 heteroatoms. The maximum absolute atomic E-state index is 14.4. The van der Waals surface area contributed by atoms with Gasteiger partial charge in [-0.15, -0.1) is 0 Å². The Labute approximate surface area is 265 Å². The van der Waals surface area contributed by atoms with Gasteiger partial charge in [-0.3, -0.25) is 14.9 Å². The number of hydrogen-bond acceptors (Lipinski definition) is 9. The van der Waals surface area contributed by atoms with E-state index in [1.807, 2.05) is 30.3 Å². The highest BCUT2D eigenvalue weighted by atomic mass is 19.4. The fraction of sp³-hybridized carbons (Fsp3) is 0.250. The lowest BCUT2D eigenvalue weighted by Gasteiger charge is -2.40. The van der Waals surface area contributed by atoms with Crippen molar-refractivity contribution >= 4 is 28.0 Å². The number of aromatic amines is 1. The number of carbonyl (C=O) groups excluding carboxylic acids is 1. The molecule has 7 rings (SSSR count). The van der Waals surface area contributed by atoms with E-state index in [1.54, 1.807) is 24.8 Å². The van der Waals surface area contributed by atoms with E-state index < -0.39 is 24.1 Å². The second kappa shape index (κ2) is 12.0. The summed E-state index contributed by atoms with van der Waals surface area (Å²) in [5.74, 6) is -0.283. The molecule has 4 aromatic heterocycles. The first-order valence-corrected chi connectivity index (χ1v) is 14.6. The molecule has 47 heavy (non-hydrogen) atoms. The van der Waals surface area contributed by atoms with Gasteiger partial charge in [0.2, 0.25) is 11.7 Å². The summed E-state index contributed by atoms with van der Waals surface area (Å²) in [5.41, 5.74) is 2.67. The van der Waals surface area contributed by atoms with Crippen molar-refractivity contribution in [3.63, 3.8) is 0 Å². The second-order valence-electron chi connectivity index (χ2n) is 11.0. The number of imidazole rings is 2. The molecule has 12 nitrogen and oxygen atoms in total. The van der Waals surface area contributed by atoms with Crippen molar-refractivity contribution < 1.29 is 27.4 Å². The van der Waals surface area contributed by atoms with Gasteiger partial charge in [-0.1, -0.05) is 18.2 Å². The number of carbonyl (C=O) groups is 1. The van der Waals surface area contributed by atoms with Gasteiger partial charge in [0.25, 0.3) is 0 Å². The molecule has 5 heterocycles. The second-order valence-corrected chi connectivity index (χ2v) is 11.0. The minimum atomic E-state index is -4.90. The van der Waals surface area contributed by atoms with Crippen molar-refractivity contribution in [3.8, 4) is 22.9 Å². The first kappa shape index (κ1) is 30.1. The number of para-hydroxylation sites is 1. The lowest BCUT2D eigenvalue weighted by molar-refractivity contribution is -0.146. The molecule has 6 aromatic rings. The molecule has 1 aliphatic rings. The Morgan fingerprint density at radius 2 is 1.83 bits per heavy atom. The van der Waals surface area contributed by atoms with Crippen molar-refractivity contribution in [1.82, 2.24) is 44.3 Å². The van der Waals surface area contributed by atoms with E-state index >= 15 is 0 Å². The number of nitrogens with one attached hydrogen (secondary N) is 1. The van der Waals surface area contributed by atoms with Crippen molar-refractivity contribution in [2.24, 2.45) is 0 Å². The molecule has 1 fully saturated rings. The first-order chi connectivity index (χ1) is 22.7. The number of ether oxygens (including phenoxy) is 2. The van der Waals surface area contributed by atoms with Crippen LogP contribution in [-0.4, -0.2) is 84.2 Å². The average molecular weight is 644 g/mol. The van der Waals surface area contributed by atoms with E-state index in [0.717, 1.165) is 10.9 Å². The van der Waals surface area contributed by atoms with Gasteiger partial charge < -0.3 is 19.4 Å². The van der Waals surface area contributed by atoms with Crippen molar-refractivity contribution in [3.05, 3.63) is 90.7 Å². The summed E-state index contributed by atoms with van der Waals surface area (Å²) < 4.78 is 54.5. The largest absolute Gasteiger partial charge is 0.497 e. The number of pyridine rings is 1. The van der Waals surface area contributed by atoms with E-state index in [9.17, 15) is 18.0 Å². The van der Waals surface area contributed by atoms with E-state index in [4.69, 9.17) is 9.47 Å². The van der Waals surface area contributed by atoms with Crippen LogP contribution in [0.2, 0.25) is 0 Å². The number of methoxy groups -OCH3 is 2. The Bertz CT molecular complexity index is 2080. The number of H-pyrrole nitrogens is 1. The van der Waals surface area contributed by atoms with Crippen molar-refractivity contribution in [2.45, 2.75) is 18.8 Å². The number of nitrogens with zero attached hydrogens (tertiary/aromatic N) is 8. The number of aromatic nitrogens is 7. The zero-order chi connectivity index (χ0) is 32.7. The Hall–Kier alpha value is -5.57. The zero-order valence-corrected chi connectivity index (χ0v) is 25.3. The standard InChI is InChI=1S/C32H28F3N9O3/c1-46-21-7-8-24-26(14-21)44(30(41-24)32(33,34)35)31(45)43-12-11-42(17-20-15-36-9-10-37-20)18-27(43)28-38-16-25(39-28)22-13-19-5-3-4-6-23(19)40-29(22)47-2/h3-10,13-16,27H,11-12,17-18H2,1-2H3,(H,38,39)/t27-/m0/s1. The van der Waals surface area contributed by atoms with Crippen LogP contribution in [0.4, 0.5) is 18.0 Å². The van der Waals surface area contributed by atoms with Crippen LogP contribution in [0.1, 0.15) is 23.4 Å². The van der Waals surface area contributed by atoms with E-state index in [0.29, 0.717) is 52.1 Å². The summed E-state index contributed by atoms with van der Waals surface area (Å²) in [7, 11) is 2.92. The smallest absolute Gasteiger partial charge is 0.450 e. The molecule has 2 aromatic carbocycles. The van der Waals surface area contributed by atoms with Crippen LogP contribution in [0.25, 0.3) is 33.2 Å². The normalized spacial score (nSPS) is 15.8. The fourth-order valence-electron chi connectivity index (χ4n) is 5.87. The van der Waals surface area contributed by atoms with Crippen LogP contribution < -0.4 is 9.47 Å². The lowest BCUT2D eigenvalue weighted by atomic mass is 10.1. The Kier molecular flexibility index (Phi) is 7.67. The molecule has 0 unspecified atom stereocenters. The predicted molar refractivity (Wildman–Crippen MR) is 165 cm³/mol. The SMILES string of the molecule is COc1ccc2nc(C(F)(F)F)n(C(=O)N3CCN(Cc4cnccn4)C[C@H]3c3ncc(-c4cc5ccccc5nc4OC)[nH]3)c2c1. The van der Waals surface area contributed by atoms with Gasteiger partial charge in [0.05, 0.1) is 53.9 Å². The van der Waals surface area contributed by atoms with E-state index in [-0.39, 0.29) is 24.1 Å². The fourth-order valence-corrected chi connectivity index (χ4v) is 5.87. The van der Waals surface area contributed by atoms with E-state index in [1.165, 1.54) is 37.3 Å². The third kappa shape index (κ3) is 5.69. The average Bonchev–Trinajstić information content (AvgIpc) is 3.73. The molecular weight excluding hydrogens is 615 g/mol. The lowest BCUT2D eigenvalue weighted by Crippen LogP contribution is -2.52. The van der Waals surface area contributed by atoms with Gasteiger partial charge in [0.15, 0.2) is 0 Å². The molecule has 0 bridgehead atoms. The van der Waals surface area contributed by atoms with Gasteiger partial charge >= 0.3 is 12.2 Å². The quantitative estimate of drug-likeness (QED) is 0.256. The number of fused-ring (bicyclic) bond motifs is 2. The first-order valence-electron chi connectivity index (χ1n) is 14.6. The molecular formula is C32H28F3N9O3. The maximum Gasteiger partial charge on any atom is 0.450 e. The topological polar surface area (TPSA) is 127 Å². The molecule has 0 saturated carbocycles. The van der Waals surface area contributed by atoms with Crippen LogP contribution in [0, 0.1) is 0 Å². The number of hydrogen-bond donors (Lipinski definition) is 1. The summed E-state index contributed by atoms with van der Waals surface area (Å²) in [6.45, 7) is 1.13. The highest BCUT2D eigenvalue weighted by molar-refractivity contribution is 5.91. The van der Waals surface area contributed by atoms with Gasteiger partial charge in [-0.05, 0) is 24.3 Å². The molecule has 1 saturated heterocycles. The minimum absolute atomic E-state index is 0.0143. The molecule has 0 spiro atoms. The van der Waals surface area contributed by atoms with Crippen LogP contribution in [0.15, 0.2) is 73.3 Å². The third-order valence-corrected chi connectivity index (χ3v) is 8.10. The Balaban J connectivity index is 1.30. The van der Waals surface area contributed by atoms with Gasteiger partial charge in [0.1, 0.15) is 17.6 Å². The van der Waals surface area contributed by atoms with Gasteiger partial charge in [-0.2, -0.15) is 13.2 Å². The molecule has 1 atom stereocenters. The third-order valence-electron chi connectivity index (χ3n) is 8.10. The highest BCUT2D eigenvalue weighted by Gasteiger charge is 2.43.